The first-order valence-corrected chi connectivity index (χ1v) is 7.14. The zero-order valence-electron chi connectivity index (χ0n) is 10.8. The molecule has 0 fully saturated rings. The van der Waals surface area contributed by atoms with E-state index in [4.69, 9.17) is 9.84 Å². The topological polar surface area (TPSA) is 118 Å². The van der Waals surface area contributed by atoms with Crippen molar-refractivity contribution in [3.63, 3.8) is 0 Å². The number of aromatic nitrogens is 2. The van der Waals surface area contributed by atoms with Crippen molar-refractivity contribution in [1.29, 1.82) is 0 Å². The Labute approximate surface area is 120 Å². The number of benzene rings is 1. The molecule has 0 bridgehead atoms. The highest BCUT2D eigenvalue weighted by Gasteiger charge is 2.27. The van der Waals surface area contributed by atoms with E-state index in [9.17, 15) is 13.2 Å². The molecule has 0 aliphatic heterocycles. The number of carboxylic acid groups (broad SMARTS) is 1. The average molecular weight is 309 g/mol. The van der Waals surface area contributed by atoms with E-state index in [-0.39, 0.29) is 21.5 Å². The minimum absolute atomic E-state index is 0.0716. The third-order valence-electron chi connectivity index (χ3n) is 2.50. The standard InChI is InChI=1S/C12H11N3O5S/c1-20-10-11(14-7-6-13-10)21(18,19)9-5-3-2-4-8(9)15-12(16)17/h2-7,15H,1H3,(H,16,17). The zero-order valence-corrected chi connectivity index (χ0v) is 11.7. The van der Waals surface area contributed by atoms with Crippen LogP contribution in [0.1, 0.15) is 0 Å². The summed E-state index contributed by atoms with van der Waals surface area (Å²) in [5.74, 6) is -0.164. The van der Waals surface area contributed by atoms with Gasteiger partial charge in [-0.15, -0.1) is 0 Å². The van der Waals surface area contributed by atoms with Crippen molar-refractivity contribution in [2.75, 3.05) is 12.4 Å². The lowest BCUT2D eigenvalue weighted by molar-refractivity contribution is 0.209. The van der Waals surface area contributed by atoms with E-state index in [1.165, 1.54) is 43.8 Å². The second-order valence-corrected chi connectivity index (χ2v) is 5.63. The molecule has 9 heteroatoms. The maximum Gasteiger partial charge on any atom is 0.409 e. The summed E-state index contributed by atoms with van der Waals surface area (Å²) in [6, 6.07) is 5.60. The first kappa shape index (κ1) is 14.7. The molecule has 0 saturated heterocycles. The number of amides is 1. The number of hydrogen-bond donors (Lipinski definition) is 2. The molecule has 1 amide bonds. The summed E-state index contributed by atoms with van der Waals surface area (Å²) in [4.78, 5) is 18.1. The van der Waals surface area contributed by atoms with Gasteiger partial charge in [0.15, 0.2) is 0 Å². The van der Waals surface area contributed by atoms with Gasteiger partial charge in [0, 0.05) is 12.4 Å². The molecule has 0 spiro atoms. The summed E-state index contributed by atoms with van der Waals surface area (Å²) in [6.45, 7) is 0. The number of anilines is 1. The molecule has 0 saturated carbocycles. The van der Waals surface area contributed by atoms with Crippen molar-refractivity contribution in [3.05, 3.63) is 36.7 Å². The smallest absolute Gasteiger partial charge is 0.409 e. The number of sulfone groups is 1. The summed E-state index contributed by atoms with van der Waals surface area (Å²) in [6.07, 6.45) is 1.13. The molecule has 0 unspecified atom stereocenters. The molecular weight excluding hydrogens is 298 g/mol. The lowest BCUT2D eigenvalue weighted by atomic mass is 10.3. The summed E-state index contributed by atoms with van der Waals surface area (Å²) >= 11 is 0. The van der Waals surface area contributed by atoms with Crippen molar-refractivity contribution in [2.45, 2.75) is 9.92 Å². The Morgan fingerprint density at radius 3 is 2.57 bits per heavy atom. The fourth-order valence-electron chi connectivity index (χ4n) is 1.66. The number of carbonyl (C=O) groups is 1. The maximum atomic E-state index is 12.6. The number of ether oxygens (including phenoxy) is 1. The van der Waals surface area contributed by atoms with Gasteiger partial charge in [0.25, 0.3) is 5.88 Å². The van der Waals surface area contributed by atoms with Crippen molar-refractivity contribution >= 4 is 21.6 Å². The second-order valence-electron chi connectivity index (χ2n) is 3.80. The SMILES string of the molecule is COc1nccnc1S(=O)(=O)c1ccccc1NC(=O)O. The highest BCUT2D eigenvalue weighted by molar-refractivity contribution is 7.91. The molecule has 0 radical (unpaired) electrons. The first-order valence-electron chi connectivity index (χ1n) is 5.66. The molecule has 21 heavy (non-hydrogen) atoms. The van der Waals surface area contributed by atoms with Gasteiger partial charge in [0.2, 0.25) is 14.9 Å². The van der Waals surface area contributed by atoms with Gasteiger partial charge in [-0.1, -0.05) is 12.1 Å². The zero-order chi connectivity index (χ0) is 15.5. The summed E-state index contributed by atoms with van der Waals surface area (Å²) in [7, 11) is -2.81. The van der Waals surface area contributed by atoms with Crippen LogP contribution in [0.2, 0.25) is 0 Å². The molecule has 0 atom stereocenters. The Morgan fingerprint density at radius 2 is 1.90 bits per heavy atom. The van der Waals surface area contributed by atoms with Crippen LogP contribution in [0.3, 0.4) is 0 Å². The van der Waals surface area contributed by atoms with E-state index in [2.05, 4.69) is 9.97 Å². The number of para-hydroxylation sites is 1. The van der Waals surface area contributed by atoms with Gasteiger partial charge >= 0.3 is 6.09 Å². The molecule has 1 aromatic carbocycles. The van der Waals surface area contributed by atoms with Gasteiger partial charge in [0.05, 0.1) is 17.7 Å². The van der Waals surface area contributed by atoms with Crippen LogP contribution in [0.15, 0.2) is 46.6 Å². The highest BCUT2D eigenvalue weighted by Crippen LogP contribution is 2.30. The predicted molar refractivity (Wildman–Crippen MR) is 72.1 cm³/mol. The minimum atomic E-state index is -4.08. The van der Waals surface area contributed by atoms with Crippen LogP contribution in [0, 0.1) is 0 Å². The summed E-state index contributed by atoms with van der Waals surface area (Å²) < 4.78 is 30.1. The summed E-state index contributed by atoms with van der Waals surface area (Å²) in [5.41, 5.74) is -0.0716. The van der Waals surface area contributed by atoms with Crippen LogP contribution < -0.4 is 10.1 Å². The molecule has 1 aromatic heterocycles. The van der Waals surface area contributed by atoms with Crippen molar-refractivity contribution in [3.8, 4) is 5.88 Å². The third-order valence-corrected chi connectivity index (χ3v) is 4.22. The lowest BCUT2D eigenvalue weighted by Gasteiger charge is -2.11. The fourth-order valence-corrected chi connectivity index (χ4v) is 3.10. The number of methoxy groups -OCH3 is 1. The van der Waals surface area contributed by atoms with E-state index in [1.54, 1.807) is 0 Å². The van der Waals surface area contributed by atoms with E-state index in [0.29, 0.717) is 0 Å². The molecule has 2 N–H and O–H groups in total. The number of nitrogens with zero attached hydrogens (tertiary/aromatic N) is 2. The van der Waals surface area contributed by atoms with Gasteiger partial charge < -0.3 is 9.84 Å². The minimum Gasteiger partial charge on any atom is -0.479 e. The molecule has 8 nitrogen and oxygen atoms in total. The summed E-state index contributed by atoms with van der Waals surface area (Å²) in [5, 5.41) is 10.4. The quantitative estimate of drug-likeness (QED) is 0.876. The Bertz CT molecular complexity index is 776. The Balaban J connectivity index is 2.62. The monoisotopic (exact) mass is 309 g/mol. The molecule has 1 heterocycles. The van der Waals surface area contributed by atoms with E-state index in [1.807, 2.05) is 5.32 Å². The van der Waals surface area contributed by atoms with Crippen LogP contribution in [0.25, 0.3) is 0 Å². The van der Waals surface area contributed by atoms with Gasteiger partial charge in [-0.05, 0) is 12.1 Å². The average Bonchev–Trinajstić information content (AvgIpc) is 2.47. The lowest BCUT2D eigenvalue weighted by Crippen LogP contribution is -2.13. The number of nitrogens with one attached hydrogen (secondary N) is 1. The van der Waals surface area contributed by atoms with E-state index < -0.39 is 15.9 Å². The van der Waals surface area contributed by atoms with Crippen LogP contribution in [0.4, 0.5) is 10.5 Å². The van der Waals surface area contributed by atoms with Crippen molar-refractivity contribution in [2.24, 2.45) is 0 Å². The normalized spacial score (nSPS) is 10.9. The number of rotatable bonds is 4. The Morgan fingerprint density at radius 1 is 1.24 bits per heavy atom. The van der Waals surface area contributed by atoms with Gasteiger partial charge in [-0.25, -0.2) is 23.2 Å². The fraction of sp³-hybridized carbons (Fsp3) is 0.0833. The first-order chi connectivity index (χ1) is 9.96. The van der Waals surface area contributed by atoms with Crippen LogP contribution >= 0.6 is 0 Å². The molecule has 0 aliphatic carbocycles. The van der Waals surface area contributed by atoms with Crippen molar-refractivity contribution in [1.82, 2.24) is 9.97 Å². The van der Waals surface area contributed by atoms with Crippen LogP contribution in [0.5, 0.6) is 5.88 Å². The molecule has 2 aromatic rings. The van der Waals surface area contributed by atoms with Crippen molar-refractivity contribution < 1.29 is 23.1 Å². The molecule has 0 aliphatic rings. The predicted octanol–water partition coefficient (Wildman–Crippen LogP) is 1.41. The molecule has 110 valence electrons. The van der Waals surface area contributed by atoms with Gasteiger partial charge in [-0.3, -0.25) is 5.32 Å². The van der Waals surface area contributed by atoms with Crippen LogP contribution in [-0.4, -0.2) is 36.7 Å². The second kappa shape index (κ2) is 5.75. The van der Waals surface area contributed by atoms with E-state index >= 15 is 0 Å². The molecular formula is C12H11N3O5S. The van der Waals surface area contributed by atoms with E-state index in [0.717, 1.165) is 0 Å². The third kappa shape index (κ3) is 2.92. The largest absolute Gasteiger partial charge is 0.479 e. The Hall–Kier alpha value is -2.68. The maximum absolute atomic E-state index is 12.6. The van der Waals surface area contributed by atoms with Gasteiger partial charge in [0.1, 0.15) is 0 Å². The van der Waals surface area contributed by atoms with Crippen LogP contribution in [-0.2, 0) is 9.84 Å². The highest BCUT2D eigenvalue weighted by atomic mass is 32.2. The number of hydrogen-bond acceptors (Lipinski definition) is 6. The molecule has 2 rings (SSSR count). The Kier molecular flexibility index (Phi) is 4.03. The van der Waals surface area contributed by atoms with Gasteiger partial charge in [-0.2, -0.15) is 0 Å².